The molecule has 0 saturated heterocycles. The summed E-state index contributed by atoms with van der Waals surface area (Å²) in [5, 5.41) is 5.14. The number of hydrogen-bond donors (Lipinski definition) is 1. The van der Waals surface area contributed by atoms with E-state index >= 15 is 0 Å². The zero-order chi connectivity index (χ0) is 18.7. The summed E-state index contributed by atoms with van der Waals surface area (Å²) in [6.45, 7) is 7.21. The maximum absolute atomic E-state index is 12.3. The number of thioether (sulfide) groups is 1. The summed E-state index contributed by atoms with van der Waals surface area (Å²) >= 11 is 1.23. The van der Waals surface area contributed by atoms with Crippen LogP contribution in [0.2, 0.25) is 0 Å². The van der Waals surface area contributed by atoms with E-state index in [9.17, 15) is 9.59 Å². The van der Waals surface area contributed by atoms with Crippen molar-refractivity contribution in [3.63, 3.8) is 0 Å². The minimum atomic E-state index is -0.258. The van der Waals surface area contributed by atoms with E-state index < -0.39 is 0 Å². The smallest absolute Gasteiger partial charge is 0.262 e. The predicted molar refractivity (Wildman–Crippen MR) is 103 cm³/mol. The Kier molecular flexibility index (Phi) is 5.41. The van der Waals surface area contributed by atoms with Crippen LogP contribution in [0.15, 0.2) is 40.4 Å². The number of aromatic amines is 1. The molecule has 0 atom stereocenters. The van der Waals surface area contributed by atoms with Crippen LogP contribution in [0.4, 0.5) is 0 Å². The van der Waals surface area contributed by atoms with Crippen molar-refractivity contribution in [2.75, 3.05) is 18.8 Å². The SMILES string of the molecule is CCN(CC)C(=O)CSc1nc2c(cnn2-c2cccc(C)c2)c(=O)[nH]1. The second-order valence-electron chi connectivity index (χ2n) is 5.86. The van der Waals surface area contributed by atoms with Crippen molar-refractivity contribution >= 4 is 28.7 Å². The Morgan fingerprint density at radius 2 is 2.08 bits per heavy atom. The fourth-order valence-corrected chi connectivity index (χ4v) is 3.47. The monoisotopic (exact) mass is 371 g/mol. The van der Waals surface area contributed by atoms with E-state index in [4.69, 9.17) is 0 Å². The summed E-state index contributed by atoms with van der Waals surface area (Å²) in [5.74, 6) is 0.254. The molecule has 0 aliphatic carbocycles. The quantitative estimate of drug-likeness (QED) is 0.531. The number of amides is 1. The molecule has 0 bridgehead atoms. The molecule has 3 aromatic rings. The average Bonchev–Trinajstić information content (AvgIpc) is 3.05. The fraction of sp³-hybridized carbons (Fsp3) is 0.333. The Morgan fingerprint density at radius 3 is 2.77 bits per heavy atom. The Balaban J connectivity index is 1.93. The topological polar surface area (TPSA) is 83.9 Å². The van der Waals surface area contributed by atoms with Crippen molar-refractivity contribution < 1.29 is 4.79 Å². The van der Waals surface area contributed by atoms with Crippen LogP contribution in [0.5, 0.6) is 0 Å². The number of fused-ring (bicyclic) bond motifs is 1. The normalized spacial score (nSPS) is 11.0. The van der Waals surface area contributed by atoms with E-state index in [0.717, 1.165) is 11.3 Å². The van der Waals surface area contributed by atoms with Gasteiger partial charge in [-0.25, -0.2) is 9.67 Å². The number of carbonyl (C=O) groups excluding carboxylic acids is 1. The first-order chi connectivity index (χ1) is 12.5. The highest BCUT2D eigenvalue weighted by atomic mass is 32.2. The van der Waals surface area contributed by atoms with Crippen LogP contribution in [-0.4, -0.2) is 49.4 Å². The first kappa shape index (κ1) is 18.2. The lowest BCUT2D eigenvalue weighted by atomic mass is 10.2. The van der Waals surface area contributed by atoms with E-state index in [0.29, 0.717) is 29.3 Å². The van der Waals surface area contributed by atoms with Gasteiger partial charge in [0.25, 0.3) is 5.56 Å². The molecule has 0 radical (unpaired) electrons. The molecule has 26 heavy (non-hydrogen) atoms. The van der Waals surface area contributed by atoms with E-state index in [-0.39, 0.29) is 17.2 Å². The van der Waals surface area contributed by atoms with Crippen molar-refractivity contribution in [2.24, 2.45) is 0 Å². The van der Waals surface area contributed by atoms with Crippen LogP contribution in [0.25, 0.3) is 16.7 Å². The first-order valence-electron chi connectivity index (χ1n) is 8.49. The number of aryl methyl sites for hydroxylation is 1. The molecule has 0 fully saturated rings. The number of nitrogens with one attached hydrogen (secondary N) is 1. The number of benzene rings is 1. The van der Waals surface area contributed by atoms with Crippen LogP contribution in [0.3, 0.4) is 0 Å². The molecule has 0 aliphatic heterocycles. The molecular weight excluding hydrogens is 350 g/mol. The summed E-state index contributed by atoms with van der Waals surface area (Å²) in [7, 11) is 0. The molecule has 0 spiro atoms. The molecule has 2 heterocycles. The molecule has 1 amide bonds. The minimum absolute atomic E-state index is 0.0231. The Labute approximate surface area is 155 Å². The lowest BCUT2D eigenvalue weighted by molar-refractivity contribution is -0.127. The molecule has 1 N–H and O–H groups in total. The summed E-state index contributed by atoms with van der Waals surface area (Å²) < 4.78 is 1.65. The molecule has 3 rings (SSSR count). The third kappa shape index (κ3) is 3.65. The van der Waals surface area contributed by atoms with Gasteiger partial charge in [-0.2, -0.15) is 5.10 Å². The zero-order valence-electron chi connectivity index (χ0n) is 15.0. The van der Waals surface area contributed by atoms with Crippen LogP contribution >= 0.6 is 11.8 Å². The van der Waals surface area contributed by atoms with Gasteiger partial charge in [0.05, 0.1) is 17.6 Å². The van der Waals surface area contributed by atoms with E-state index in [1.807, 2.05) is 45.0 Å². The predicted octanol–water partition coefficient (Wildman–Crippen LogP) is 2.38. The number of hydrogen-bond acceptors (Lipinski definition) is 5. The number of aromatic nitrogens is 4. The molecule has 0 saturated carbocycles. The van der Waals surface area contributed by atoms with E-state index in [1.165, 1.54) is 18.0 Å². The molecule has 1 aromatic carbocycles. The molecular formula is C18H21N5O2S. The lowest BCUT2D eigenvalue weighted by Gasteiger charge is -2.17. The van der Waals surface area contributed by atoms with Gasteiger partial charge >= 0.3 is 0 Å². The highest BCUT2D eigenvalue weighted by Gasteiger charge is 2.14. The lowest BCUT2D eigenvalue weighted by Crippen LogP contribution is -2.32. The number of nitrogens with zero attached hydrogens (tertiary/aromatic N) is 4. The maximum Gasteiger partial charge on any atom is 0.262 e. The number of rotatable bonds is 6. The zero-order valence-corrected chi connectivity index (χ0v) is 15.8. The molecule has 136 valence electrons. The van der Waals surface area contributed by atoms with Gasteiger partial charge in [-0.3, -0.25) is 9.59 Å². The number of H-pyrrole nitrogens is 1. The van der Waals surface area contributed by atoms with Crippen molar-refractivity contribution in [2.45, 2.75) is 25.9 Å². The first-order valence-corrected chi connectivity index (χ1v) is 9.47. The standard InChI is InChI=1S/C18H21N5O2S/c1-4-22(5-2)15(24)11-26-18-20-16-14(17(25)21-18)10-19-23(16)13-8-6-7-12(3)9-13/h6-10H,4-5,11H2,1-3H3,(H,20,21,25). The maximum atomic E-state index is 12.3. The van der Waals surface area contributed by atoms with Gasteiger partial charge in [0.2, 0.25) is 5.91 Å². The Morgan fingerprint density at radius 1 is 1.31 bits per heavy atom. The van der Waals surface area contributed by atoms with E-state index in [1.54, 1.807) is 9.58 Å². The second kappa shape index (κ2) is 7.74. The van der Waals surface area contributed by atoms with Crippen molar-refractivity contribution in [1.82, 2.24) is 24.6 Å². The molecule has 8 heteroatoms. The van der Waals surface area contributed by atoms with Gasteiger partial charge in [-0.1, -0.05) is 23.9 Å². The van der Waals surface area contributed by atoms with Crippen LogP contribution in [0, 0.1) is 6.92 Å². The third-order valence-corrected chi connectivity index (χ3v) is 4.97. The van der Waals surface area contributed by atoms with Gasteiger partial charge in [-0.15, -0.1) is 0 Å². The minimum Gasteiger partial charge on any atom is -0.343 e. The van der Waals surface area contributed by atoms with Crippen molar-refractivity contribution in [3.8, 4) is 5.69 Å². The van der Waals surface area contributed by atoms with Crippen LogP contribution in [0.1, 0.15) is 19.4 Å². The van der Waals surface area contributed by atoms with Gasteiger partial charge in [0, 0.05) is 13.1 Å². The fourth-order valence-electron chi connectivity index (χ4n) is 2.71. The molecule has 2 aromatic heterocycles. The summed E-state index contributed by atoms with van der Waals surface area (Å²) in [6, 6.07) is 7.82. The van der Waals surface area contributed by atoms with Gasteiger partial charge in [0.1, 0.15) is 5.39 Å². The average molecular weight is 371 g/mol. The van der Waals surface area contributed by atoms with Gasteiger partial charge in [-0.05, 0) is 38.5 Å². The Bertz CT molecular complexity index is 991. The molecule has 7 nitrogen and oxygen atoms in total. The molecule has 0 aliphatic rings. The summed E-state index contributed by atoms with van der Waals surface area (Å²) in [6.07, 6.45) is 1.51. The summed E-state index contributed by atoms with van der Waals surface area (Å²) in [4.78, 5) is 33.5. The van der Waals surface area contributed by atoms with Gasteiger partial charge in [0.15, 0.2) is 10.8 Å². The largest absolute Gasteiger partial charge is 0.343 e. The third-order valence-electron chi connectivity index (χ3n) is 4.11. The van der Waals surface area contributed by atoms with Crippen LogP contribution in [-0.2, 0) is 4.79 Å². The van der Waals surface area contributed by atoms with Gasteiger partial charge < -0.3 is 9.88 Å². The summed E-state index contributed by atoms with van der Waals surface area (Å²) in [5.41, 5.74) is 2.16. The van der Waals surface area contributed by atoms with Crippen LogP contribution < -0.4 is 5.56 Å². The number of carbonyl (C=O) groups is 1. The second-order valence-corrected chi connectivity index (χ2v) is 6.82. The Hall–Kier alpha value is -2.61. The highest BCUT2D eigenvalue weighted by molar-refractivity contribution is 7.99. The van der Waals surface area contributed by atoms with Crippen molar-refractivity contribution in [1.29, 1.82) is 0 Å². The highest BCUT2D eigenvalue weighted by Crippen LogP contribution is 2.18. The van der Waals surface area contributed by atoms with Crippen molar-refractivity contribution in [3.05, 3.63) is 46.4 Å². The molecule has 0 unspecified atom stereocenters. The van der Waals surface area contributed by atoms with E-state index in [2.05, 4.69) is 15.1 Å².